The molecular weight excluding hydrogens is 426 g/mol. The molecule has 1 aromatic heterocycles. The minimum absolute atomic E-state index is 0.0642. The molecule has 1 aliphatic heterocycles. The van der Waals surface area contributed by atoms with Gasteiger partial charge in [0.2, 0.25) is 0 Å². The molecule has 7 heteroatoms. The fourth-order valence-electron chi connectivity index (χ4n) is 4.03. The van der Waals surface area contributed by atoms with Gasteiger partial charge in [-0.2, -0.15) is 0 Å². The molecule has 32 heavy (non-hydrogen) atoms. The zero-order valence-electron chi connectivity index (χ0n) is 18.2. The zero-order chi connectivity index (χ0) is 22.9. The van der Waals surface area contributed by atoms with E-state index in [0.717, 1.165) is 16.9 Å². The van der Waals surface area contributed by atoms with Crippen molar-refractivity contribution in [2.75, 3.05) is 19.0 Å². The number of carbonyl (C=O) groups excluding carboxylic acids is 2. The monoisotopic (exact) mass is 449 g/mol. The second kappa shape index (κ2) is 8.63. The Hall–Kier alpha value is -3.38. The predicted octanol–water partition coefficient (Wildman–Crippen LogP) is 4.93. The van der Waals surface area contributed by atoms with E-state index < -0.39 is 0 Å². The fraction of sp³-hybridized carbons (Fsp3) is 0.240. The van der Waals surface area contributed by atoms with E-state index in [0.29, 0.717) is 24.3 Å². The van der Waals surface area contributed by atoms with Crippen LogP contribution in [0.25, 0.3) is 0 Å². The number of anilines is 1. The number of fused-ring (bicyclic) bond motifs is 1. The number of nitrogens with zero attached hydrogens (tertiary/aromatic N) is 2. The van der Waals surface area contributed by atoms with Gasteiger partial charge in [-0.25, -0.2) is 4.98 Å². The number of halogens is 1. The Morgan fingerprint density at radius 1 is 1.19 bits per heavy atom. The van der Waals surface area contributed by atoms with Gasteiger partial charge >= 0.3 is 0 Å². The largest absolute Gasteiger partial charge is 0.497 e. The number of methoxy groups -OCH3 is 1. The molecule has 0 aliphatic carbocycles. The van der Waals surface area contributed by atoms with Crippen molar-refractivity contribution in [2.24, 2.45) is 0 Å². The van der Waals surface area contributed by atoms with Crippen LogP contribution in [0.4, 0.5) is 5.69 Å². The average molecular weight is 450 g/mol. The summed E-state index contributed by atoms with van der Waals surface area (Å²) in [5, 5.41) is 2.96. The van der Waals surface area contributed by atoms with Crippen molar-refractivity contribution in [3.63, 3.8) is 0 Å². The van der Waals surface area contributed by atoms with E-state index in [1.807, 2.05) is 41.3 Å². The molecular formula is C25H24ClN3O3. The van der Waals surface area contributed by atoms with E-state index in [2.05, 4.69) is 24.1 Å². The normalized spacial score (nSPS) is 14.6. The van der Waals surface area contributed by atoms with Crippen molar-refractivity contribution < 1.29 is 14.3 Å². The lowest BCUT2D eigenvalue weighted by Gasteiger charge is -2.39. The van der Waals surface area contributed by atoms with Gasteiger partial charge in [0.1, 0.15) is 10.9 Å². The van der Waals surface area contributed by atoms with E-state index in [-0.39, 0.29) is 27.9 Å². The first-order valence-corrected chi connectivity index (χ1v) is 10.6. The quantitative estimate of drug-likeness (QED) is 0.560. The first-order chi connectivity index (χ1) is 15.3. The first kappa shape index (κ1) is 21.8. The Kier molecular flexibility index (Phi) is 5.89. The third-order valence-electron chi connectivity index (χ3n) is 5.65. The van der Waals surface area contributed by atoms with Crippen LogP contribution in [0.5, 0.6) is 5.75 Å². The minimum atomic E-state index is -0.374. The second-order valence-electron chi connectivity index (χ2n) is 8.45. The maximum absolute atomic E-state index is 13.4. The molecule has 4 rings (SSSR count). The lowest BCUT2D eigenvalue weighted by molar-refractivity contribution is 0.0673. The van der Waals surface area contributed by atoms with Crippen LogP contribution in [0.3, 0.4) is 0 Å². The topological polar surface area (TPSA) is 71.5 Å². The highest BCUT2D eigenvalue weighted by Gasteiger charge is 2.36. The van der Waals surface area contributed by atoms with Gasteiger partial charge in [0.25, 0.3) is 11.8 Å². The predicted molar refractivity (Wildman–Crippen MR) is 124 cm³/mol. The minimum Gasteiger partial charge on any atom is -0.497 e. The number of amides is 2. The number of nitrogens with one attached hydrogen (secondary N) is 1. The Balaban J connectivity index is 1.60. The molecule has 0 radical (unpaired) electrons. The average Bonchev–Trinajstić information content (AvgIpc) is 2.78. The molecule has 0 bridgehead atoms. The standard InChI is InChI=1S/C25H24ClN3O3/c1-25(2)15-29(14-16-6-9-18(32-3)10-7-16)24(31)20-13-17(8-11-21(20)25)28-23(30)19-5-4-12-27-22(19)26/h4-13H,14-15H2,1-3H3,(H,28,30). The van der Waals surface area contributed by atoms with Gasteiger partial charge in [0.05, 0.1) is 12.7 Å². The fourth-order valence-corrected chi connectivity index (χ4v) is 4.23. The molecule has 0 spiro atoms. The van der Waals surface area contributed by atoms with Crippen molar-refractivity contribution in [2.45, 2.75) is 25.8 Å². The summed E-state index contributed by atoms with van der Waals surface area (Å²) in [7, 11) is 1.63. The van der Waals surface area contributed by atoms with E-state index in [4.69, 9.17) is 16.3 Å². The molecule has 2 amide bonds. The summed E-state index contributed by atoms with van der Waals surface area (Å²) in [5.74, 6) is 0.338. The summed E-state index contributed by atoms with van der Waals surface area (Å²) in [4.78, 5) is 31.8. The number of ether oxygens (including phenoxy) is 1. The molecule has 164 valence electrons. The van der Waals surface area contributed by atoms with Gasteiger partial charge in [-0.3, -0.25) is 9.59 Å². The third-order valence-corrected chi connectivity index (χ3v) is 5.95. The van der Waals surface area contributed by atoms with Gasteiger partial charge in [0.15, 0.2) is 0 Å². The Bertz CT molecular complexity index is 1180. The SMILES string of the molecule is COc1ccc(CN2CC(C)(C)c3ccc(NC(=O)c4cccnc4Cl)cc3C2=O)cc1. The van der Waals surface area contributed by atoms with Crippen LogP contribution in [-0.4, -0.2) is 35.4 Å². The van der Waals surface area contributed by atoms with Crippen molar-refractivity contribution in [3.8, 4) is 5.75 Å². The summed E-state index contributed by atoms with van der Waals surface area (Å²) < 4.78 is 5.22. The maximum Gasteiger partial charge on any atom is 0.258 e. The van der Waals surface area contributed by atoms with E-state index in [9.17, 15) is 9.59 Å². The number of pyridine rings is 1. The number of rotatable bonds is 5. The highest BCUT2D eigenvalue weighted by Crippen LogP contribution is 2.35. The third kappa shape index (κ3) is 4.32. The Morgan fingerprint density at radius 3 is 2.62 bits per heavy atom. The molecule has 0 atom stereocenters. The van der Waals surface area contributed by atoms with Gasteiger partial charge in [-0.1, -0.05) is 43.6 Å². The molecule has 1 aliphatic rings. The van der Waals surface area contributed by atoms with Gasteiger partial charge < -0.3 is 15.0 Å². The van der Waals surface area contributed by atoms with Crippen molar-refractivity contribution in [3.05, 3.63) is 88.2 Å². The molecule has 3 aromatic rings. The molecule has 0 unspecified atom stereocenters. The number of aromatic nitrogens is 1. The highest BCUT2D eigenvalue weighted by atomic mass is 35.5. The van der Waals surface area contributed by atoms with Crippen LogP contribution in [0.2, 0.25) is 5.15 Å². The van der Waals surface area contributed by atoms with E-state index in [1.54, 1.807) is 25.3 Å². The van der Waals surface area contributed by atoms with Crippen LogP contribution in [0, 0.1) is 0 Å². The Morgan fingerprint density at radius 2 is 1.94 bits per heavy atom. The van der Waals surface area contributed by atoms with Gasteiger partial charge in [-0.15, -0.1) is 0 Å². The summed E-state index contributed by atoms with van der Waals surface area (Å²) in [5.41, 5.74) is 3.15. The molecule has 0 fully saturated rings. The van der Waals surface area contributed by atoms with Gasteiger partial charge in [-0.05, 0) is 47.5 Å². The summed E-state index contributed by atoms with van der Waals surface area (Å²) in [6, 6.07) is 16.4. The molecule has 2 aromatic carbocycles. The summed E-state index contributed by atoms with van der Waals surface area (Å²) in [6.07, 6.45) is 1.52. The molecule has 6 nitrogen and oxygen atoms in total. The lowest BCUT2D eigenvalue weighted by Crippen LogP contribution is -2.46. The van der Waals surface area contributed by atoms with Crippen LogP contribution in [-0.2, 0) is 12.0 Å². The van der Waals surface area contributed by atoms with Crippen LogP contribution in [0.15, 0.2) is 60.8 Å². The Labute approximate surface area is 192 Å². The summed E-state index contributed by atoms with van der Waals surface area (Å²) >= 11 is 6.04. The van der Waals surface area contributed by atoms with Crippen LogP contribution < -0.4 is 10.1 Å². The van der Waals surface area contributed by atoms with Crippen molar-refractivity contribution in [1.82, 2.24) is 9.88 Å². The molecule has 1 N–H and O–H groups in total. The van der Waals surface area contributed by atoms with Gasteiger partial charge in [0, 0.05) is 36.0 Å². The number of benzene rings is 2. The second-order valence-corrected chi connectivity index (χ2v) is 8.81. The molecule has 0 saturated heterocycles. The maximum atomic E-state index is 13.4. The summed E-state index contributed by atoms with van der Waals surface area (Å²) in [6.45, 7) is 5.33. The van der Waals surface area contributed by atoms with Crippen molar-refractivity contribution in [1.29, 1.82) is 0 Å². The molecule has 0 saturated carbocycles. The highest BCUT2D eigenvalue weighted by molar-refractivity contribution is 6.33. The van der Waals surface area contributed by atoms with E-state index in [1.165, 1.54) is 6.20 Å². The first-order valence-electron chi connectivity index (χ1n) is 10.3. The molecule has 2 heterocycles. The lowest BCUT2D eigenvalue weighted by atomic mass is 9.77. The van der Waals surface area contributed by atoms with Crippen LogP contribution >= 0.6 is 11.6 Å². The van der Waals surface area contributed by atoms with E-state index >= 15 is 0 Å². The van der Waals surface area contributed by atoms with Crippen molar-refractivity contribution >= 4 is 29.1 Å². The number of carbonyl (C=O) groups is 2. The number of hydrogen-bond donors (Lipinski definition) is 1. The van der Waals surface area contributed by atoms with Crippen LogP contribution in [0.1, 0.15) is 45.7 Å². The zero-order valence-corrected chi connectivity index (χ0v) is 18.9. The smallest absolute Gasteiger partial charge is 0.258 e. The number of hydrogen-bond acceptors (Lipinski definition) is 4.